The van der Waals surface area contributed by atoms with Crippen LogP contribution in [0.25, 0.3) is 11.4 Å². The van der Waals surface area contributed by atoms with Gasteiger partial charge in [-0.2, -0.15) is 0 Å². The fourth-order valence-corrected chi connectivity index (χ4v) is 1.55. The maximum absolute atomic E-state index is 12.3. The standard InChI is InChI=1S/C10H11F2N5/c1-6-7(3-2-4-8(6)13)10-14-15-16-17(10)5-9(11)12/h2-4,9H,5,13H2,1H3. The molecule has 0 fully saturated rings. The molecule has 0 aliphatic rings. The summed E-state index contributed by atoms with van der Waals surface area (Å²) in [4.78, 5) is 0. The van der Waals surface area contributed by atoms with Crippen molar-refractivity contribution in [2.75, 3.05) is 5.73 Å². The third-order valence-electron chi connectivity index (χ3n) is 2.46. The molecule has 1 aromatic carbocycles. The number of hydrogen-bond acceptors (Lipinski definition) is 4. The number of hydrogen-bond donors (Lipinski definition) is 1. The summed E-state index contributed by atoms with van der Waals surface area (Å²) >= 11 is 0. The molecule has 2 aromatic rings. The molecule has 0 radical (unpaired) electrons. The Morgan fingerprint density at radius 3 is 2.88 bits per heavy atom. The first-order chi connectivity index (χ1) is 8.09. The van der Waals surface area contributed by atoms with Gasteiger partial charge in [0.15, 0.2) is 5.82 Å². The number of alkyl halides is 2. The second-order valence-electron chi connectivity index (χ2n) is 3.60. The van der Waals surface area contributed by atoms with Crippen LogP contribution in [0.1, 0.15) is 5.56 Å². The molecule has 0 amide bonds. The van der Waals surface area contributed by atoms with Crippen molar-refractivity contribution in [2.45, 2.75) is 19.9 Å². The minimum absolute atomic E-state index is 0.301. The fourth-order valence-electron chi connectivity index (χ4n) is 1.55. The molecule has 7 heteroatoms. The van der Waals surface area contributed by atoms with E-state index >= 15 is 0 Å². The van der Waals surface area contributed by atoms with Crippen LogP contribution in [0.5, 0.6) is 0 Å². The highest BCUT2D eigenvalue weighted by atomic mass is 19.3. The normalized spacial score (nSPS) is 11.1. The average molecular weight is 239 g/mol. The van der Waals surface area contributed by atoms with E-state index in [-0.39, 0.29) is 0 Å². The predicted molar refractivity (Wildman–Crippen MR) is 58.4 cm³/mol. The summed E-state index contributed by atoms with van der Waals surface area (Å²) in [5.41, 5.74) is 7.77. The Hall–Kier alpha value is -2.05. The molecule has 0 aliphatic heterocycles. The summed E-state index contributed by atoms with van der Waals surface area (Å²) in [5, 5.41) is 10.7. The molecule has 0 unspecified atom stereocenters. The van der Waals surface area contributed by atoms with Gasteiger partial charge < -0.3 is 5.73 Å². The first-order valence-electron chi connectivity index (χ1n) is 4.99. The summed E-state index contributed by atoms with van der Waals surface area (Å²) in [5.74, 6) is 0.301. The van der Waals surface area contributed by atoms with Crippen LogP contribution in [0.4, 0.5) is 14.5 Å². The summed E-state index contributed by atoms with van der Waals surface area (Å²) in [7, 11) is 0. The second kappa shape index (κ2) is 4.44. The number of benzene rings is 1. The van der Waals surface area contributed by atoms with E-state index in [0.717, 1.165) is 10.2 Å². The Morgan fingerprint density at radius 2 is 2.18 bits per heavy atom. The largest absolute Gasteiger partial charge is 0.398 e. The quantitative estimate of drug-likeness (QED) is 0.824. The Kier molecular flexibility index (Phi) is 2.99. The fraction of sp³-hybridized carbons (Fsp3) is 0.300. The van der Waals surface area contributed by atoms with Crippen LogP contribution in [-0.4, -0.2) is 26.6 Å². The zero-order valence-electron chi connectivity index (χ0n) is 9.14. The molecule has 1 heterocycles. The minimum atomic E-state index is -2.50. The highest BCUT2D eigenvalue weighted by Gasteiger charge is 2.15. The van der Waals surface area contributed by atoms with Crippen LogP contribution < -0.4 is 5.73 Å². The lowest BCUT2D eigenvalue weighted by Gasteiger charge is -2.08. The molecule has 0 bridgehead atoms. The van der Waals surface area contributed by atoms with Crippen molar-refractivity contribution in [3.8, 4) is 11.4 Å². The van der Waals surface area contributed by atoms with E-state index in [1.165, 1.54) is 0 Å². The zero-order chi connectivity index (χ0) is 12.4. The van der Waals surface area contributed by atoms with Crippen LogP contribution in [0.2, 0.25) is 0 Å². The Labute approximate surface area is 96.2 Å². The van der Waals surface area contributed by atoms with E-state index in [1.807, 2.05) is 0 Å². The number of tetrazole rings is 1. The number of nitrogens with zero attached hydrogens (tertiary/aromatic N) is 4. The van der Waals surface area contributed by atoms with Gasteiger partial charge in [-0.15, -0.1) is 5.10 Å². The lowest BCUT2D eigenvalue weighted by atomic mass is 10.1. The first kappa shape index (κ1) is 11.4. The van der Waals surface area contributed by atoms with Crippen LogP contribution in [0, 0.1) is 6.92 Å². The van der Waals surface area contributed by atoms with E-state index < -0.39 is 13.0 Å². The van der Waals surface area contributed by atoms with Crippen molar-refractivity contribution >= 4 is 5.69 Å². The molecular weight excluding hydrogens is 228 g/mol. The highest BCUT2D eigenvalue weighted by molar-refractivity contribution is 5.67. The molecule has 2 N–H and O–H groups in total. The lowest BCUT2D eigenvalue weighted by molar-refractivity contribution is 0.121. The third kappa shape index (κ3) is 2.22. The number of anilines is 1. The summed E-state index contributed by atoms with van der Waals surface area (Å²) in [6, 6.07) is 5.22. The smallest absolute Gasteiger partial charge is 0.258 e. The third-order valence-corrected chi connectivity index (χ3v) is 2.46. The van der Waals surface area contributed by atoms with Gasteiger partial charge in [-0.3, -0.25) is 0 Å². The molecule has 5 nitrogen and oxygen atoms in total. The van der Waals surface area contributed by atoms with Crippen LogP contribution in [0.15, 0.2) is 18.2 Å². The summed E-state index contributed by atoms with van der Waals surface area (Å²) < 4.78 is 25.7. The first-order valence-corrected chi connectivity index (χ1v) is 4.99. The monoisotopic (exact) mass is 239 g/mol. The Bertz CT molecular complexity index is 523. The van der Waals surface area contributed by atoms with Crippen molar-refractivity contribution in [1.82, 2.24) is 20.2 Å². The molecule has 0 spiro atoms. The van der Waals surface area contributed by atoms with Crippen molar-refractivity contribution < 1.29 is 8.78 Å². The molecule has 17 heavy (non-hydrogen) atoms. The molecule has 1 aromatic heterocycles. The number of nitrogen functional groups attached to an aromatic ring is 1. The predicted octanol–water partition coefficient (Wildman–Crippen LogP) is 1.50. The van der Waals surface area contributed by atoms with E-state index in [2.05, 4.69) is 15.5 Å². The maximum Gasteiger partial charge on any atom is 0.258 e. The highest BCUT2D eigenvalue weighted by Crippen LogP contribution is 2.24. The molecular formula is C10H11F2N5. The second-order valence-corrected chi connectivity index (χ2v) is 3.60. The van der Waals surface area contributed by atoms with E-state index in [0.29, 0.717) is 17.1 Å². The van der Waals surface area contributed by atoms with E-state index in [9.17, 15) is 8.78 Å². The van der Waals surface area contributed by atoms with Crippen molar-refractivity contribution in [1.29, 1.82) is 0 Å². The maximum atomic E-state index is 12.3. The van der Waals surface area contributed by atoms with Gasteiger partial charge in [0.25, 0.3) is 6.43 Å². The lowest BCUT2D eigenvalue weighted by Crippen LogP contribution is -2.10. The van der Waals surface area contributed by atoms with Gasteiger partial charge in [0.2, 0.25) is 0 Å². The topological polar surface area (TPSA) is 69.6 Å². The Balaban J connectivity index is 2.46. The summed E-state index contributed by atoms with van der Waals surface area (Å²) in [6.45, 7) is 1.27. The molecule has 0 aliphatic carbocycles. The molecule has 90 valence electrons. The van der Waals surface area contributed by atoms with Crippen molar-refractivity contribution in [3.05, 3.63) is 23.8 Å². The number of nitrogens with two attached hydrogens (primary N) is 1. The Morgan fingerprint density at radius 1 is 1.41 bits per heavy atom. The van der Waals surface area contributed by atoms with Crippen molar-refractivity contribution in [3.63, 3.8) is 0 Å². The SMILES string of the molecule is Cc1c(N)cccc1-c1nnnn1CC(F)F. The van der Waals surface area contributed by atoms with Crippen LogP contribution in [-0.2, 0) is 6.54 Å². The molecule has 0 saturated carbocycles. The van der Waals surface area contributed by atoms with Gasteiger partial charge in [-0.05, 0) is 29.0 Å². The molecule has 0 saturated heterocycles. The summed E-state index contributed by atoms with van der Waals surface area (Å²) in [6.07, 6.45) is -2.50. The van der Waals surface area contributed by atoms with Gasteiger partial charge in [0.05, 0.1) is 0 Å². The van der Waals surface area contributed by atoms with E-state index in [1.54, 1.807) is 25.1 Å². The minimum Gasteiger partial charge on any atom is -0.398 e. The number of halogens is 2. The van der Waals surface area contributed by atoms with Crippen LogP contribution >= 0.6 is 0 Å². The molecule has 2 rings (SSSR count). The van der Waals surface area contributed by atoms with Gasteiger partial charge in [-0.1, -0.05) is 12.1 Å². The van der Waals surface area contributed by atoms with Gasteiger partial charge >= 0.3 is 0 Å². The van der Waals surface area contributed by atoms with Gasteiger partial charge in [0.1, 0.15) is 6.54 Å². The van der Waals surface area contributed by atoms with Gasteiger partial charge in [-0.25, -0.2) is 13.5 Å². The number of rotatable bonds is 3. The zero-order valence-corrected chi connectivity index (χ0v) is 9.14. The van der Waals surface area contributed by atoms with Crippen molar-refractivity contribution in [2.24, 2.45) is 0 Å². The van der Waals surface area contributed by atoms with Gasteiger partial charge in [0, 0.05) is 11.3 Å². The number of aromatic nitrogens is 4. The van der Waals surface area contributed by atoms with Crippen LogP contribution in [0.3, 0.4) is 0 Å². The molecule has 0 atom stereocenters. The average Bonchev–Trinajstić information content (AvgIpc) is 2.69. The van der Waals surface area contributed by atoms with E-state index in [4.69, 9.17) is 5.73 Å².